The molecule has 1 aromatic rings. The van der Waals surface area contributed by atoms with Crippen LogP contribution in [0.15, 0.2) is 12.1 Å². The van der Waals surface area contributed by atoms with E-state index in [9.17, 15) is 0 Å². The van der Waals surface area contributed by atoms with Gasteiger partial charge in [-0.05, 0) is 43.9 Å². The predicted octanol–water partition coefficient (Wildman–Crippen LogP) is 3.22. The third kappa shape index (κ3) is 2.20. The van der Waals surface area contributed by atoms with Crippen LogP contribution in [-0.4, -0.2) is 13.1 Å². The molecule has 82 valence electrons. The van der Waals surface area contributed by atoms with Gasteiger partial charge in [-0.1, -0.05) is 11.6 Å². The summed E-state index contributed by atoms with van der Waals surface area (Å²) >= 11 is 6.25. The summed E-state index contributed by atoms with van der Waals surface area (Å²) in [5.74, 6) is 0. The topological polar surface area (TPSA) is 29.3 Å². The lowest BCUT2D eigenvalue weighted by atomic mass is 10.1. The number of halogens is 1. The molecule has 0 amide bonds. The van der Waals surface area contributed by atoms with Crippen LogP contribution in [-0.2, 0) is 0 Å². The van der Waals surface area contributed by atoms with Crippen LogP contribution in [0.3, 0.4) is 0 Å². The van der Waals surface area contributed by atoms with Crippen molar-refractivity contribution >= 4 is 23.0 Å². The first-order chi connectivity index (χ1) is 7.18. The molecule has 0 bridgehead atoms. The Labute approximate surface area is 96.0 Å². The maximum atomic E-state index is 6.25. The third-order valence-electron chi connectivity index (χ3n) is 2.95. The van der Waals surface area contributed by atoms with Gasteiger partial charge in [-0.2, -0.15) is 0 Å². The van der Waals surface area contributed by atoms with Crippen LogP contribution >= 0.6 is 11.6 Å². The first-order valence-corrected chi connectivity index (χ1v) is 5.87. The van der Waals surface area contributed by atoms with Gasteiger partial charge >= 0.3 is 0 Å². The highest BCUT2D eigenvalue weighted by atomic mass is 35.5. The largest absolute Gasteiger partial charge is 0.399 e. The monoisotopic (exact) mass is 224 g/mol. The summed E-state index contributed by atoms with van der Waals surface area (Å²) in [6.07, 6.45) is 3.86. The smallest absolute Gasteiger partial charge is 0.0662 e. The summed E-state index contributed by atoms with van der Waals surface area (Å²) in [6.45, 7) is 4.31. The zero-order valence-electron chi connectivity index (χ0n) is 9.09. The zero-order valence-corrected chi connectivity index (χ0v) is 9.85. The molecule has 0 aromatic heterocycles. The highest BCUT2D eigenvalue weighted by molar-refractivity contribution is 6.33. The van der Waals surface area contributed by atoms with Crippen LogP contribution < -0.4 is 10.6 Å². The van der Waals surface area contributed by atoms with Crippen molar-refractivity contribution < 1.29 is 0 Å². The van der Waals surface area contributed by atoms with Crippen molar-refractivity contribution in [1.29, 1.82) is 0 Å². The average molecular weight is 225 g/mol. The second-order valence-corrected chi connectivity index (χ2v) is 4.62. The summed E-state index contributed by atoms with van der Waals surface area (Å²) in [6, 6.07) is 3.84. The molecule has 0 spiro atoms. The average Bonchev–Trinajstić information content (AvgIpc) is 2.17. The standard InChI is InChI=1S/C12H17ClN2/c1-9-7-10(14)8-11(13)12(9)15-5-3-2-4-6-15/h7-8H,2-6,14H2,1H3. The fraction of sp³-hybridized carbons (Fsp3) is 0.500. The molecule has 1 aromatic carbocycles. The molecule has 2 rings (SSSR count). The maximum Gasteiger partial charge on any atom is 0.0662 e. The number of rotatable bonds is 1. The number of nitrogen functional groups attached to an aromatic ring is 1. The molecule has 1 fully saturated rings. The normalized spacial score (nSPS) is 16.8. The van der Waals surface area contributed by atoms with Gasteiger partial charge in [0.2, 0.25) is 0 Å². The second-order valence-electron chi connectivity index (χ2n) is 4.22. The van der Waals surface area contributed by atoms with Gasteiger partial charge in [-0.15, -0.1) is 0 Å². The SMILES string of the molecule is Cc1cc(N)cc(Cl)c1N1CCCCC1. The summed E-state index contributed by atoms with van der Waals surface area (Å²) < 4.78 is 0. The molecule has 0 unspecified atom stereocenters. The summed E-state index contributed by atoms with van der Waals surface area (Å²) in [7, 11) is 0. The first kappa shape index (κ1) is 10.6. The molecule has 2 nitrogen and oxygen atoms in total. The van der Waals surface area contributed by atoms with Gasteiger partial charge in [0.1, 0.15) is 0 Å². The van der Waals surface area contributed by atoms with E-state index in [-0.39, 0.29) is 0 Å². The minimum absolute atomic E-state index is 0.748. The number of hydrogen-bond acceptors (Lipinski definition) is 2. The summed E-state index contributed by atoms with van der Waals surface area (Å²) in [5, 5.41) is 0.786. The van der Waals surface area contributed by atoms with Gasteiger partial charge in [-0.25, -0.2) is 0 Å². The molecule has 3 heteroatoms. The lowest BCUT2D eigenvalue weighted by molar-refractivity contribution is 0.577. The number of anilines is 2. The van der Waals surface area contributed by atoms with Crippen LogP contribution in [0, 0.1) is 6.92 Å². The van der Waals surface area contributed by atoms with Crippen molar-refractivity contribution in [2.24, 2.45) is 0 Å². The Kier molecular flexibility index (Phi) is 3.06. The number of benzene rings is 1. The van der Waals surface area contributed by atoms with Crippen molar-refractivity contribution in [3.8, 4) is 0 Å². The third-order valence-corrected chi connectivity index (χ3v) is 3.24. The molecule has 0 atom stereocenters. The molecule has 1 saturated heterocycles. The van der Waals surface area contributed by atoms with Crippen molar-refractivity contribution in [2.75, 3.05) is 23.7 Å². The van der Waals surface area contributed by atoms with Crippen LogP contribution in [0.2, 0.25) is 5.02 Å². The van der Waals surface area contributed by atoms with Gasteiger partial charge in [0.15, 0.2) is 0 Å². The first-order valence-electron chi connectivity index (χ1n) is 5.49. The van der Waals surface area contributed by atoms with Gasteiger partial charge in [0, 0.05) is 18.8 Å². The highest BCUT2D eigenvalue weighted by Crippen LogP contribution is 2.33. The number of aryl methyl sites for hydroxylation is 1. The molecule has 0 saturated carbocycles. The van der Waals surface area contributed by atoms with E-state index < -0.39 is 0 Å². The summed E-state index contributed by atoms with van der Waals surface area (Å²) in [4.78, 5) is 2.38. The molecular weight excluding hydrogens is 208 g/mol. The van der Waals surface area contributed by atoms with Crippen LogP contribution in [0.1, 0.15) is 24.8 Å². The molecule has 15 heavy (non-hydrogen) atoms. The Balaban J connectivity index is 2.33. The lowest BCUT2D eigenvalue weighted by Gasteiger charge is -2.31. The quantitative estimate of drug-likeness (QED) is 0.743. The predicted molar refractivity (Wildman–Crippen MR) is 66.7 cm³/mol. The van der Waals surface area contributed by atoms with Gasteiger partial charge < -0.3 is 10.6 Å². The van der Waals surface area contributed by atoms with Crippen LogP contribution in [0.25, 0.3) is 0 Å². The molecule has 2 N–H and O–H groups in total. The van der Waals surface area contributed by atoms with Crippen LogP contribution in [0.5, 0.6) is 0 Å². The van der Waals surface area contributed by atoms with Gasteiger partial charge in [0.05, 0.1) is 10.7 Å². The molecule has 1 aliphatic rings. The van der Waals surface area contributed by atoms with Gasteiger partial charge in [0.25, 0.3) is 0 Å². The van der Waals surface area contributed by atoms with E-state index in [1.165, 1.54) is 30.5 Å². The number of nitrogens with zero attached hydrogens (tertiary/aromatic N) is 1. The Morgan fingerprint density at radius 2 is 1.87 bits per heavy atom. The van der Waals surface area contributed by atoms with E-state index in [2.05, 4.69) is 11.8 Å². The van der Waals surface area contributed by atoms with E-state index in [0.717, 1.165) is 23.8 Å². The summed E-state index contributed by atoms with van der Waals surface area (Å²) in [5.41, 5.74) is 8.86. The van der Waals surface area contributed by atoms with Gasteiger partial charge in [-0.3, -0.25) is 0 Å². The molecule has 1 aliphatic heterocycles. The minimum atomic E-state index is 0.748. The number of nitrogens with two attached hydrogens (primary N) is 1. The molecular formula is C12H17ClN2. The van der Waals surface area contributed by atoms with Crippen molar-refractivity contribution in [2.45, 2.75) is 26.2 Å². The maximum absolute atomic E-state index is 6.25. The van der Waals surface area contributed by atoms with E-state index in [1.807, 2.05) is 12.1 Å². The molecule has 1 heterocycles. The van der Waals surface area contributed by atoms with Crippen molar-refractivity contribution in [3.63, 3.8) is 0 Å². The lowest BCUT2D eigenvalue weighted by Crippen LogP contribution is -2.30. The Morgan fingerprint density at radius 3 is 2.47 bits per heavy atom. The van der Waals surface area contributed by atoms with E-state index in [4.69, 9.17) is 17.3 Å². The van der Waals surface area contributed by atoms with E-state index in [1.54, 1.807) is 0 Å². The number of piperidine rings is 1. The molecule has 0 radical (unpaired) electrons. The molecule has 0 aliphatic carbocycles. The van der Waals surface area contributed by atoms with E-state index >= 15 is 0 Å². The van der Waals surface area contributed by atoms with E-state index in [0.29, 0.717) is 0 Å². The zero-order chi connectivity index (χ0) is 10.8. The van der Waals surface area contributed by atoms with Crippen molar-refractivity contribution in [3.05, 3.63) is 22.7 Å². The minimum Gasteiger partial charge on any atom is -0.399 e. The Morgan fingerprint density at radius 1 is 1.20 bits per heavy atom. The number of hydrogen-bond donors (Lipinski definition) is 1. The fourth-order valence-electron chi connectivity index (χ4n) is 2.28. The Bertz CT molecular complexity index is 334. The Hall–Kier alpha value is -0.890. The highest BCUT2D eigenvalue weighted by Gasteiger charge is 2.16. The second kappa shape index (κ2) is 4.31. The fourth-order valence-corrected chi connectivity index (χ4v) is 2.68. The van der Waals surface area contributed by atoms with Crippen molar-refractivity contribution in [1.82, 2.24) is 0 Å². The van der Waals surface area contributed by atoms with Crippen LogP contribution in [0.4, 0.5) is 11.4 Å².